The van der Waals surface area contributed by atoms with Gasteiger partial charge in [0.15, 0.2) is 0 Å². The van der Waals surface area contributed by atoms with Gasteiger partial charge in [0.05, 0.1) is 5.54 Å². The maximum Gasteiger partial charge on any atom is 0.243 e. The van der Waals surface area contributed by atoms with Gasteiger partial charge in [0.2, 0.25) is 5.91 Å². The van der Waals surface area contributed by atoms with E-state index in [0.717, 1.165) is 11.3 Å². The van der Waals surface area contributed by atoms with Crippen LogP contribution in [0.15, 0.2) is 24.3 Å². The number of benzene rings is 1. The SMILES string of the molecule is Cc1ccc(NC(=O)C(C)(C)N)cc1. The second-order valence-electron chi connectivity index (χ2n) is 4.04. The van der Waals surface area contributed by atoms with Gasteiger partial charge in [-0.1, -0.05) is 17.7 Å². The molecule has 0 aliphatic rings. The highest BCUT2D eigenvalue weighted by Gasteiger charge is 2.21. The second-order valence-corrected chi connectivity index (χ2v) is 4.04. The third-order valence-corrected chi connectivity index (χ3v) is 1.89. The number of rotatable bonds is 2. The van der Waals surface area contributed by atoms with Crippen molar-refractivity contribution in [2.75, 3.05) is 5.32 Å². The molecule has 0 radical (unpaired) electrons. The molecule has 0 bridgehead atoms. The predicted molar refractivity (Wildman–Crippen MR) is 58.1 cm³/mol. The molecule has 0 spiro atoms. The van der Waals surface area contributed by atoms with E-state index in [2.05, 4.69) is 5.32 Å². The van der Waals surface area contributed by atoms with E-state index in [1.54, 1.807) is 13.8 Å². The van der Waals surface area contributed by atoms with E-state index in [1.165, 1.54) is 0 Å². The van der Waals surface area contributed by atoms with Gasteiger partial charge in [0.1, 0.15) is 0 Å². The van der Waals surface area contributed by atoms with E-state index >= 15 is 0 Å². The number of carbonyl (C=O) groups is 1. The van der Waals surface area contributed by atoms with Gasteiger partial charge in [0, 0.05) is 5.69 Å². The average Bonchev–Trinajstić information content (AvgIpc) is 2.07. The summed E-state index contributed by atoms with van der Waals surface area (Å²) in [5.41, 5.74) is 6.74. The lowest BCUT2D eigenvalue weighted by molar-refractivity contribution is -0.120. The molecule has 0 fully saturated rings. The fourth-order valence-electron chi connectivity index (χ4n) is 0.929. The topological polar surface area (TPSA) is 55.1 Å². The van der Waals surface area contributed by atoms with E-state index < -0.39 is 5.54 Å². The lowest BCUT2D eigenvalue weighted by Crippen LogP contribution is -2.45. The summed E-state index contributed by atoms with van der Waals surface area (Å²) >= 11 is 0. The molecule has 1 amide bonds. The minimum atomic E-state index is -0.842. The zero-order valence-corrected chi connectivity index (χ0v) is 8.79. The number of hydrogen-bond acceptors (Lipinski definition) is 2. The number of nitrogens with one attached hydrogen (secondary N) is 1. The Kier molecular flexibility index (Phi) is 2.91. The standard InChI is InChI=1S/C11H16N2O/c1-8-4-6-9(7-5-8)13-10(14)11(2,3)12/h4-7H,12H2,1-3H3,(H,13,14). The molecule has 0 aliphatic carbocycles. The molecule has 0 unspecified atom stereocenters. The minimum Gasteiger partial charge on any atom is -0.325 e. The summed E-state index contributed by atoms with van der Waals surface area (Å²) in [7, 11) is 0. The first kappa shape index (κ1) is 10.7. The van der Waals surface area contributed by atoms with Crippen molar-refractivity contribution in [3.8, 4) is 0 Å². The second kappa shape index (κ2) is 3.80. The van der Waals surface area contributed by atoms with Crippen LogP contribution in [0.25, 0.3) is 0 Å². The Bertz CT molecular complexity index is 322. The molecule has 1 aromatic rings. The van der Waals surface area contributed by atoms with Crippen LogP contribution in [0.4, 0.5) is 5.69 Å². The van der Waals surface area contributed by atoms with Gasteiger partial charge in [-0.2, -0.15) is 0 Å². The van der Waals surface area contributed by atoms with Gasteiger partial charge in [-0.3, -0.25) is 4.79 Å². The Morgan fingerprint density at radius 2 is 1.79 bits per heavy atom. The zero-order valence-electron chi connectivity index (χ0n) is 8.79. The summed E-state index contributed by atoms with van der Waals surface area (Å²) in [5.74, 6) is -0.179. The molecular formula is C11H16N2O. The van der Waals surface area contributed by atoms with Gasteiger partial charge >= 0.3 is 0 Å². The summed E-state index contributed by atoms with van der Waals surface area (Å²) < 4.78 is 0. The lowest BCUT2D eigenvalue weighted by Gasteiger charge is -2.17. The third kappa shape index (κ3) is 2.85. The number of aryl methyl sites for hydroxylation is 1. The monoisotopic (exact) mass is 192 g/mol. The van der Waals surface area contributed by atoms with E-state index in [1.807, 2.05) is 31.2 Å². The Labute approximate surface area is 84.3 Å². The normalized spacial score (nSPS) is 11.1. The molecule has 0 atom stereocenters. The van der Waals surface area contributed by atoms with Crippen molar-refractivity contribution < 1.29 is 4.79 Å². The first-order chi connectivity index (χ1) is 6.39. The molecule has 1 rings (SSSR count). The fraction of sp³-hybridized carbons (Fsp3) is 0.364. The van der Waals surface area contributed by atoms with Crippen molar-refractivity contribution in [3.63, 3.8) is 0 Å². The van der Waals surface area contributed by atoms with Gasteiger partial charge in [-0.05, 0) is 32.9 Å². The summed E-state index contributed by atoms with van der Waals surface area (Å²) in [6.45, 7) is 5.35. The Morgan fingerprint density at radius 3 is 2.21 bits per heavy atom. The first-order valence-corrected chi connectivity index (χ1v) is 4.56. The van der Waals surface area contributed by atoms with Crippen LogP contribution in [0.1, 0.15) is 19.4 Å². The number of nitrogens with two attached hydrogens (primary N) is 1. The minimum absolute atomic E-state index is 0.179. The van der Waals surface area contributed by atoms with E-state index in [4.69, 9.17) is 5.73 Å². The highest BCUT2D eigenvalue weighted by Crippen LogP contribution is 2.10. The lowest BCUT2D eigenvalue weighted by atomic mass is 10.1. The number of anilines is 1. The largest absolute Gasteiger partial charge is 0.325 e. The van der Waals surface area contributed by atoms with E-state index in [-0.39, 0.29) is 5.91 Å². The van der Waals surface area contributed by atoms with E-state index in [0.29, 0.717) is 0 Å². The molecule has 3 nitrogen and oxygen atoms in total. The van der Waals surface area contributed by atoms with Crippen molar-refractivity contribution in [2.45, 2.75) is 26.3 Å². The summed E-state index contributed by atoms with van der Waals surface area (Å²) in [4.78, 5) is 11.5. The number of hydrogen-bond donors (Lipinski definition) is 2. The van der Waals surface area contributed by atoms with Crippen molar-refractivity contribution in [3.05, 3.63) is 29.8 Å². The molecule has 0 aromatic heterocycles. The molecule has 0 saturated heterocycles. The summed E-state index contributed by atoms with van der Waals surface area (Å²) in [6, 6.07) is 7.61. The quantitative estimate of drug-likeness (QED) is 0.749. The van der Waals surface area contributed by atoms with Gasteiger partial charge in [-0.25, -0.2) is 0 Å². The Balaban J connectivity index is 2.71. The van der Waals surface area contributed by atoms with Crippen molar-refractivity contribution in [1.29, 1.82) is 0 Å². The van der Waals surface area contributed by atoms with Gasteiger partial charge in [0.25, 0.3) is 0 Å². The highest BCUT2D eigenvalue weighted by atomic mass is 16.2. The zero-order chi connectivity index (χ0) is 10.8. The van der Waals surface area contributed by atoms with Gasteiger partial charge in [-0.15, -0.1) is 0 Å². The van der Waals surface area contributed by atoms with Crippen molar-refractivity contribution >= 4 is 11.6 Å². The molecule has 3 N–H and O–H groups in total. The van der Waals surface area contributed by atoms with Crippen LogP contribution < -0.4 is 11.1 Å². The fourth-order valence-corrected chi connectivity index (χ4v) is 0.929. The number of amides is 1. The summed E-state index contributed by atoms with van der Waals surface area (Å²) in [6.07, 6.45) is 0. The molecule has 0 aliphatic heterocycles. The van der Waals surface area contributed by atoms with Crippen LogP contribution in [0.2, 0.25) is 0 Å². The van der Waals surface area contributed by atoms with Crippen LogP contribution in [0.3, 0.4) is 0 Å². The molecule has 0 heterocycles. The summed E-state index contributed by atoms with van der Waals surface area (Å²) in [5, 5.41) is 2.75. The molecule has 3 heteroatoms. The van der Waals surface area contributed by atoms with Crippen molar-refractivity contribution in [2.24, 2.45) is 5.73 Å². The van der Waals surface area contributed by atoms with Crippen LogP contribution in [0, 0.1) is 6.92 Å². The maximum absolute atomic E-state index is 11.5. The number of carbonyl (C=O) groups excluding carboxylic acids is 1. The van der Waals surface area contributed by atoms with Crippen LogP contribution in [0.5, 0.6) is 0 Å². The Morgan fingerprint density at radius 1 is 1.29 bits per heavy atom. The Hall–Kier alpha value is -1.35. The van der Waals surface area contributed by atoms with Crippen LogP contribution >= 0.6 is 0 Å². The maximum atomic E-state index is 11.5. The third-order valence-electron chi connectivity index (χ3n) is 1.89. The average molecular weight is 192 g/mol. The highest BCUT2D eigenvalue weighted by molar-refractivity contribution is 5.97. The van der Waals surface area contributed by atoms with E-state index in [9.17, 15) is 4.79 Å². The van der Waals surface area contributed by atoms with Crippen LogP contribution in [-0.2, 0) is 4.79 Å². The predicted octanol–water partition coefficient (Wildman–Crippen LogP) is 1.67. The molecule has 76 valence electrons. The molecular weight excluding hydrogens is 176 g/mol. The molecule has 1 aromatic carbocycles. The van der Waals surface area contributed by atoms with Gasteiger partial charge < -0.3 is 11.1 Å². The first-order valence-electron chi connectivity index (χ1n) is 4.56. The molecule has 14 heavy (non-hydrogen) atoms. The van der Waals surface area contributed by atoms with Crippen molar-refractivity contribution in [1.82, 2.24) is 0 Å². The van der Waals surface area contributed by atoms with Crippen LogP contribution in [-0.4, -0.2) is 11.4 Å². The smallest absolute Gasteiger partial charge is 0.243 e. The molecule has 0 saturated carbocycles.